The van der Waals surface area contributed by atoms with Crippen molar-refractivity contribution in [1.82, 2.24) is 19.3 Å². The number of carbonyl (C=O) groups is 1. The minimum absolute atomic E-state index is 0.107. The summed E-state index contributed by atoms with van der Waals surface area (Å²) < 4.78 is 59.3. The van der Waals surface area contributed by atoms with E-state index in [2.05, 4.69) is 15.0 Å². The van der Waals surface area contributed by atoms with E-state index in [4.69, 9.17) is 15.6 Å². The fraction of sp³-hybridized carbons (Fsp3) is 0.280. The zero-order valence-electron chi connectivity index (χ0n) is 19.4. The number of aromatic nitrogens is 3. The lowest BCUT2D eigenvalue weighted by Crippen LogP contribution is -2.40. The maximum absolute atomic E-state index is 13.6. The molecule has 192 valence electrons. The van der Waals surface area contributed by atoms with Gasteiger partial charge in [-0.25, -0.2) is 18.5 Å². The van der Waals surface area contributed by atoms with E-state index in [9.17, 15) is 22.2 Å². The minimum Gasteiger partial charge on any atom is -0.446 e. The average Bonchev–Trinajstić information content (AvgIpc) is 3.55. The number of hydrogen-bond acceptors (Lipinski definition) is 7. The fourth-order valence-electron chi connectivity index (χ4n) is 4.35. The summed E-state index contributed by atoms with van der Waals surface area (Å²) in [6.45, 7) is 0.425. The Hall–Kier alpha value is -3.22. The van der Waals surface area contributed by atoms with E-state index in [0.29, 0.717) is 42.6 Å². The van der Waals surface area contributed by atoms with Crippen molar-refractivity contribution in [3.63, 3.8) is 0 Å². The lowest BCUT2D eigenvalue weighted by molar-refractivity contribution is -0.138. The third-order valence-electron chi connectivity index (χ3n) is 6.22. The van der Waals surface area contributed by atoms with Gasteiger partial charge in [0, 0.05) is 65.5 Å². The summed E-state index contributed by atoms with van der Waals surface area (Å²) in [7, 11) is -3.17. The zero-order valence-corrected chi connectivity index (χ0v) is 21.0. The van der Waals surface area contributed by atoms with Crippen LogP contribution >= 0.6 is 0 Å². The molecule has 1 aliphatic heterocycles. The summed E-state index contributed by atoms with van der Waals surface area (Å²) in [5, 5.41) is 0.967. The van der Waals surface area contributed by atoms with Gasteiger partial charge in [0.05, 0.1) is 11.6 Å². The molecule has 4 heterocycles. The number of rotatable bonds is 7. The number of halogens is 3. The van der Waals surface area contributed by atoms with E-state index in [1.165, 1.54) is 6.20 Å². The zero-order chi connectivity index (χ0) is 26.2. The second-order valence-corrected chi connectivity index (χ2v) is 11.8. The summed E-state index contributed by atoms with van der Waals surface area (Å²) in [4.78, 5) is 25.1. The molecule has 37 heavy (non-hydrogen) atoms. The van der Waals surface area contributed by atoms with Gasteiger partial charge in [-0.3, -0.25) is 9.78 Å². The Balaban J connectivity index is 1.28. The Labute approximate surface area is 215 Å². The molecule has 0 saturated carbocycles. The average molecular weight is 547 g/mol. The Bertz CT molecular complexity index is 1520. The van der Waals surface area contributed by atoms with Gasteiger partial charge >= 0.3 is 6.18 Å². The molecule has 0 amide bonds. The van der Waals surface area contributed by atoms with Crippen LogP contribution in [0.15, 0.2) is 70.6 Å². The molecule has 1 fully saturated rings. The van der Waals surface area contributed by atoms with E-state index >= 15 is 0 Å². The van der Waals surface area contributed by atoms with Crippen LogP contribution in [0, 0.1) is 0 Å². The monoisotopic (exact) mass is 546 g/mol. The van der Waals surface area contributed by atoms with E-state index in [0.717, 1.165) is 17.8 Å². The van der Waals surface area contributed by atoms with Crippen molar-refractivity contribution >= 4 is 36.6 Å². The summed E-state index contributed by atoms with van der Waals surface area (Å²) >= 11 is 5.50. The Kier molecular flexibility index (Phi) is 6.82. The number of fused-ring (bicyclic) bond motifs is 1. The number of benzene rings is 1. The Morgan fingerprint density at radius 2 is 1.89 bits per heavy atom. The third-order valence-corrected chi connectivity index (χ3v) is 9.05. The highest BCUT2D eigenvalue weighted by molar-refractivity contribution is 8.31. The quantitative estimate of drug-likeness (QED) is 0.323. The molecule has 7 nitrogen and oxygen atoms in total. The lowest BCUT2D eigenvalue weighted by atomic mass is 10.0. The van der Waals surface area contributed by atoms with Crippen molar-refractivity contribution in [3.05, 3.63) is 72.3 Å². The largest absolute Gasteiger partial charge is 0.446 e. The van der Waals surface area contributed by atoms with Crippen molar-refractivity contribution < 1.29 is 26.6 Å². The van der Waals surface area contributed by atoms with Crippen LogP contribution in [0.5, 0.6) is 0 Å². The molecule has 1 aromatic carbocycles. The number of aryl methyl sites for hydroxylation is 1. The molecule has 1 aliphatic rings. The highest BCUT2D eigenvalue weighted by Crippen LogP contribution is 2.32. The standard InChI is InChI=1S/C25H21F3N4O3S2/c26-25(27,28)18-14-30-24(31-15-18)17-9-10-29-19(12-17)7-8-21(33)20-5-3-11-32(20)37(34,36)23-13-16-4-1-2-6-22(16)35-23/h1-2,4,6,9-10,12-15,20H,3,5,7-8,11H2/t20-,37?/m0/s1. The second-order valence-electron chi connectivity index (χ2n) is 8.67. The van der Waals surface area contributed by atoms with Crippen LogP contribution < -0.4 is 0 Å². The van der Waals surface area contributed by atoms with Crippen LogP contribution in [-0.4, -0.2) is 41.8 Å². The molecule has 1 saturated heterocycles. The van der Waals surface area contributed by atoms with Crippen LogP contribution in [0.2, 0.25) is 0 Å². The molecule has 0 spiro atoms. The number of pyridine rings is 1. The first-order valence-electron chi connectivity index (χ1n) is 11.5. The predicted octanol–water partition coefficient (Wildman–Crippen LogP) is 4.99. The molecule has 4 aromatic rings. The van der Waals surface area contributed by atoms with Crippen LogP contribution in [0.25, 0.3) is 22.4 Å². The molecule has 12 heteroatoms. The highest BCUT2D eigenvalue weighted by Gasteiger charge is 2.38. The molecular formula is C25H21F3N4O3S2. The number of ketones is 1. The minimum atomic E-state index is -4.52. The van der Waals surface area contributed by atoms with Crippen LogP contribution in [0.1, 0.15) is 30.5 Å². The first-order valence-corrected chi connectivity index (χ1v) is 13.9. The second kappa shape index (κ2) is 9.92. The van der Waals surface area contributed by atoms with E-state index in [-0.39, 0.29) is 23.1 Å². The number of para-hydroxylation sites is 1. The van der Waals surface area contributed by atoms with Gasteiger partial charge in [-0.15, -0.1) is 0 Å². The van der Waals surface area contributed by atoms with Crippen molar-refractivity contribution in [1.29, 1.82) is 0 Å². The number of alkyl halides is 3. The van der Waals surface area contributed by atoms with Crippen LogP contribution in [-0.2, 0) is 37.3 Å². The number of Topliss-reactive ketones (excluding diaryl/α,β-unsaturated/α-hetero) is 1. The Morgan fingerprint density at radius 3 is 2.62 bits per heavy atom. The number of nitrogens with zero attached hydrogens (tertiary/aromatic N) is 4. The SMILES string of the molecule is O=C(CCc1cc(-c2ncc(C(F)(F)F)cn2)ccn1)[C@@H]1CCCN1S(=O)(=S)c1cc2ccccc2o1. The molecule has 1 unspecified atom stereocenters. The first-order chi connectivity index (χ1) is 17.6. The van der Waals surface area contributed by atoms with E-state index in [1.54, 1.807) is 28.6 Å². The molecule has 0 bridgehead atoms. The van der Waals surface area contributed by atoms with Gasteiger partial charge in [-0.05, 0) is 37.5 Å². The molecule has 0 radical (unpaired) electrons. The highest BCUT2D eigenvalue weighted by atomic mass is 32.8. The maximum Gasteiger partial charge on any atom is 0.419 e. The first kappa shape index (κ1) is 25.4. The van der Waals surface area contributed by atoms with E-state index in [1.807, 2.05) is 18.2 Å². The molecule has 3 aromatic heterocycles. The third kappa shape index (κ3) is 5.27. The van der Waals surface area contributed by atoms with Gasteiger partial charge in [0.25, 0.3) is 0 Å². The smallest absolute Gasteiger partial charge is 0.419 e. The van der Waals surface area contributed by atoms with Gasteiger partial charge < -0.3 is 4.42 Å². The van der Waals surface area contributed by atoms with Crippen LogP contribution in [0.3, 0.4) is 0 Å². The summed E-state index contributed by atoms with van der Waals surface area (Å²) in [6, 6.07) is 11.6. The number of furan rings is 1. The summed E-state index contributed by atoms with van der Waals surface area (Å²) in [6.07, 6.45) is 0.0923. The predicted molar refractivity (Wildman–Crippen MR) is 133 cm³/mol. The Morgan fingerprint density at radius 1 is 1.14 bits per heavy atom. The lowest BCUT2D eigenvalue weighted by Gasteiger charge is -2.24. The van der Waals surface area contributed by atoms with Crippen LogP contribution in [0.4, 0.5) is 13.2 Å². The van der Waals surface area contributed by atoms with Gasteiger partial charge in [0.1, 0.15) is 5.58 Å². The molecule has 0 N–H and O–H groups in total. The number of carbonyl (C=O) groups excluding carboxylic acids is 1. The maximum atomic E-state index is 13.6. The molecule has 5 rings (SSSR count). The fourth-order valence-corrected chi connectivity index (χ4v) is 6.76. The summed E-state index contributed by atoms with van der Waals surface area (Å²) in [5.41, 5.74) is 0.709. The van der Waals surface area contributed by atoms with Gasteiger partial charge in [-0.2, -0.15) is 13.2 Å². The van der Waals surface area contributed by atoms with Gasteiger partial charge in [0.15, 0.2) is 20.3 Å². The van der Waals surface area contributed by atoms with E-state index < -0.39 is 26.5 Å². The van der Waals surface area contributed by atoms with Crippen molar-refractivity contribution in [2.24, 2.45) is 0 Å². The van der Waals surface area contributed by atoms with Gasteiger partial charge in [-0.1, -0.05) is 18.2 Å². The van der Waals surface area contributed by atoms with Crippen molar-refractivity contribution in [2.75, 3.05) is 6.54 Å². The molecular weight excluding hydrogens is 525 g/mol. The van der Waals surface area contributed by atoms with Crippen molar-refractivity contribution in [2.45, 2.75) is 43.0 Å². The topological polar surface area (TPSA) is 89.2 Å². The number of hydrogen-bond donors (Lipinski definition) is 0. The normalized spacial score (nSPS) is 18.2. The van der Waals surface area contributed by atoms with Gasteiger partial charge in [0.2, 0.25) is 5.09 Å². The molecule has 0 aliphatic carbocycles. The van der Waals surface area contributed by atoms with Crippen molar-refractivity contribution in [3.8, 4) is 11.4 Å². The molecule has 2 atom stereocenters. The summed E-state index contributed by atoms with van der Waals surface area (Å²) in [5.74, 6) is 0.0193.